The van der Waals surface area contributed by atoms with Crippen LogP contribution in [0.4, 0.5) is 27.6 Å². The number of benzene rings is 2. The number of hydrogen-bond donors (Lipinski definition) is 5. The summed E-state index contributed by atoms with van der Waals surface area (Å²) in [7, 11) is 0. The number of carbonyl (C=O) groups excluding carboxylic acids is 2. The Labute approximate surface area is 352 Å². The first-order valence-electron chi connectivity index (χ1n) is 20.9. The maximum absolute atomic E-state index is 16.9. The lowest BCUT2D eigenvalue weighted by molar-refractivity contribution is -0.260. The number of ether oxygens (including phenoxy) is 1. The first-order chi connectivity index (χ1) is 28.4. The van der Waals surface area contributed by atoms with Crippen LogP contribution < -0.4 is 10.1 Å². The second kappa shape index (κ2) is 15.2. The fraction of sp³-hybridized carbons (Fsp3) is 0.553. The van der Waals surface area contributed by atoms with Crippen LogP contribution in [0.3, 0.4) is 0 Å². The van der Waals surface area contributed by atoms with Crippen molar-refractivity contribution in [1.29, 1.82) is 0 Å². The Morgan fingerprint density at radius 2 is 1.80 bits per heavy atom. The van der Waals surface area contributed by atoms with Gasteiger partial charge in [-0.1, -0.05) is 45.4 Å². The summed E-state index contributed by atoms with van der Waals surface area (Å²) in [5.41, 5.74) is -6.64. The highest BCUT2D eigenvalue weighted by Crippen LogP contribution is 2.70. The number of carbonyl (C=O) groups is 2. The maximum atomic E-state index is 16.9. The van der Waals surface area contributed by atoms with E-state index in [9.17, 15) is 47.6 Å². The lowest BCUT2D eigenvalue weighted by atomic mass is 9.44. The second-order valence-electron chi connectivity index (χ2n) is 19.1. The van der Waals surface area contributed by atoms with Crippen LogP contribution in [0, 0.1) is 41.3 Å². The summed E-state index contributed by atoms with van der Waals surface area (Å²) in [5.74, 6) is -2.24. The third-order valence-electron chi connectivity index (χ3n) is 15.0. The Balaban J connectivity index is 0.000000186. The molecule has 0 saturated heterocycles. The van der Waals surface area contributed by atoms with E-state index in [2.05, 4.69) is 10.3 Å². The molecule has 5 N–H and O–H groups in total. The summed E-state index contributed by atoms with van der Waals surface area (Å²) >= 11 is 0. The van der Waals surface area contributed by atoms with Crippen LogP contribution in [0.1, 0.15) is 83.5 Å². The Bertz CT molecular complexity index is 2310. The van der Waals surface area contributed by atoms with Gasteiger partial charge in [0.15, 0.2) is 22.8 Å². The summed E-state index contributed by atoms with van der Waals surface area (Å²) in [5, 5.41) is 46.3. The zero-order valence-corrected chi connectivity index (χ0v) is 35.3. The largest absolute Gasteiger partial charge is 0.493 e. The van der Waals surface area contributed by atoms with Gasteiger partial charge in [-0.2, -0.15) is 13.2 Å². The van der Waals surface area contributed by atoms with E-state index in [1.807, 2.05) is 6.92 Å². The molecule has 5 aliphatic rings. The number of hydrogen-bond acceptors (Lipinski definition) is 9. The number of aliphatic hydroxyl groups excluding tert-OH is 2. The van der Waals surface area contributed by atoms with Gasteiger partial charge in [0.2, 0.25) is 0 Å². The number of fused-ring (bicyclic) bond motifs is 7. The van der Waals surface area contributed by atoms with E-state index in [0.717, 1.165) is 5.69 Å². The number of halogens is 5. The predicted molar refractivity (Wildman–Crippen MR) is 219 cm³/mol. The molecule has 3 aromatic rings. The van der Waals surface area contributed by atoms with Crippen LogP contribution >= 0.6 is 0 Å². The van der Waals surface area contributed by atoms with E-state index >= 15 is 4.39 Å². The van der Waals surface area contributed by atoms with Crippen LogP contribution in [0.25, 0.3) is 10.9 Å². The van der Waals surface area contributed by atoms with Gasteiger partial charge < -0.3 is 30.5 Å². The minimum Gasteiger partial charge on any atom is -0.493 e. The molecule has 4 aliphatic carbocycles. The number of anilines is 1. The molecule has 2 aromatic carbocycles. The SMILES string of the molecule is C[C@@H]1C[C@H]2[C@@H]3CCC4=CC(=O)C=C[C@]4(C)[C@@]3(F)[C@@H](O)C[C@]2(C)[C@@]1(O)C(=O)CO.Cc1ccc2c(NCC(O)(CC(C)(C)c3cc(F)cc4c3OCC4)C(F)(F)F)cccc2n1. The molecule has 3 saturated carbocycles. The van der Waals surface area contributed by atoms with Crippen molar-refractivity contribution in [1.82, 2.24) is 4.98 Å². The quantitative estimate of drug-likeness (QED) is 0.145. The Morgan fingerprint density at radius 3 is 2.49 bits per heavy atom. The molecule has 0 spiro atoms. The van der Waals surface area contributed by atoms with E-state index < -0.39 is 88.4 Å². The van der Waals surface area contributed by atoms with Gasteiger partial charge in [0.25, 0.3) is 0 Å². The summed E-state index contributed by atoms with van der Waals surface area (Å²) in [6.45, 7) is 9.01. The standard InChI is InChI=1S/C25H26F4N2O2.C22H29FO5/c1-15-7-8-18-20(5-4-6-21(18)31-15)30-14-24(32,25(27,28)29)13-23(2,3)19-12-17(26)11-16-9-10-33-22(16)19;1-12-8-16-15-5-4-13-9-14(25)6-7-19(13,2)21(15,23)17(26)10-20(16,3)22(12,28)18(27)11-24/h4-8,11-12,30,32H,9-10,13-14H2,1-3H3;6-7,9,12,15-17,24,26,28H,4-5,8,10-11H2,1-3H3/t;12-,15+,16+,17+,19+,20+,21+,22+/m.1/s1. The van der Waals surface area contributed by atoms with Crippen LogP contribution in [0.5, 0.6) is 5.75 Å². The molecule has 0 radical (unpaired) electrons. The summed E-state index contributed by atoms with van der Waals surface area (Å²) < 4.78 is 79.2. The third kappa shape index (κ3) is 7.00. The molecular weight excluding hydrogens is 800 g/mol. The molecular formula is C47H55F5N2O7. The van der Waals surface area contributed by atoms with E-state index in [1.165, 1.54) is 24.3 Å². The van der Waals surface area contributed by atoms with E-state index in [0.29, 0.717) is 71.3 Å². The van der Waals surface area contributed by atoms with Crippen molar-refractivity contribution in [2.24, 2.45) is 28.6 Å². The number of pyridine rings is 1. The van der Waals surface area contributed by atoms with Crippen molar-refractivity contribution in [2.75, 3.05) is 25.1 Å². The molecule has 14 heteroatoms. The van der Waals surface area contributed by atoms with Crippen molar-refractivity contribution in [3.8, 4) is 5.75 Å². The van der Waals surface area contributed by atoms with Gasteiger partial charge in [0.05, 0.1) is 24.8 Å². The first-order valence-corrected chi connectivity index (χ1v) is 20.9. The average Bonchev–Trinajstić information content (AvgIpc) is 3.73. The van der Waals surface area contributed by atoms with Gasteiger partial charge in [0, 0.05) is 51.1 Å². The Kier molecular flexibility index (Phi) is 11.2. The molecule has 9 nitrogen and oxygen atoms in total. The van der Waals surface area contributed by atoms with Gasteiger partial charge in [-0.05, 0) is 112 Å². The lowest BCUT2D eigenvalue weighted by Crippen LogP contribution is -2.69. The lowest BCUT2D eigenvalue weighted by Gasteiger charge is -2.62. The van der Waals surface area contributed by atoms with Gasteiger partial charge in [-0.3, -0.25) is 14.6 Å². The molecule has 1 aromatic heterocycles. The molecule has 2 heterocycles. The summed E-state index contributed by atoms with van der Waals surface area (Å²) in [4.78, 5) is 28.8. The fourth-order valence-electron chi connectivity index (χ4n) is 11.8. The second-order valence-corrected chi connectivity index (χ2v) is 19.1. The molecule has 61 heavy (non-hydrogen) atoms. The fourth-order valence-corrected chi connectivity index (χ4v) is 11.8. The predicted octanol–water partition coefficient (Wildman–Crippen LogP) is 7.59. The Hall–Kier alpha value is -4.24. The molecule has 330 valence electrons. The number of rotatable bonds is 8. The highest BCUT2D eigenvalue weighted by Gasteiger charge is 2.75. The molecule has 1 unspecified atom stereocenters. The number of aromatic nitrogens is 1. The van der Waals surface area contributed by atoms with E-state index in [1.54, 1.807) is 71.0 Å². The van der Waals surface area contributed by atoms with Crippen molar-refractivity contribution in [3.63, 3.8) is 0 Å². The highest BCUT2D eigenvalue weighted by molar-refractivity contribution is 6.01. The van der Waals surface area contributed by atoms with Crippen molar-refractivity contribution >= 4 is 28.2 Å². The minimum absolute atomic E-state index is 0.0676. The van der Waals surface area contributed by atoms with Gasteiger partial charge >= 0.3 is 6.18 Å². The van der Waals surface area contributed by atoms with Gasteiger partial charge in [-0.15, -0.1) is 0 Å². The van der Waals surface area contributed by atoms with Gasteiger partial charge in [-0.25, -0.2) is 8.78 Å². The van der Waals surface area contributed by atoms with Crippen molar-refractivity contribution in [3.05, 3.63) is 88.9 Å². The zero-order chi connectivity index (χ0) is 44.7. The van der Waals surface area contributed by atoms with Crippen LogP contribution in [-0.4, -0.2) is 85.9 Å². The minimum atomic E-state index is -4.92. The number of ketones is 2. The summed E-state index contributed by atoms with van der Waals surface area (Å²) in [6, 6.07) is 11.2. The topological polar surface area (TPSA) is 149 Å². The number of nitrogens with zero attached hydrogens (tertiary/aromatic N) is 1. The first kappa shape index (κ1) is 44.8. The monoisotopic (exact) mass is 854 g/mol. The smallest absolute Gasteiger partial charge is 0.418 e. The number of alkyl halides is 4. The molecule has 3 fully saturated rings. The number of nitrogens with one attached hydrogen (secondary N) is 1. The average molecular weight is 855 g/mol. The normalized spacial score (nSPS) is 32.6. The number of Topliss-reactive ketones (excluding diaryl/α,β-unsaturated/α-hetero) is 1. The molecule has 0 bridgehead atoms. The summed E-state index contributed by atoms with van der Waals surface area (Å²) in [6.07, 6.45) is -0.670. The van der Waals surface area contributed by atoms with Crippen LogP contribution in [-0.2, 0) is 21.4 Å². The molecule has 9 atom stereocenters. The molecule has 8 rings (SSSR count). The number of allylic oxidation sites excluding steroid dienone is 4. The van der Waals surface area contributed by atoms with Crippen molar-refractivity contribution in [2.45, 2.75) is 115 Å². The molecule has 0 amide bonds. The third-order valence-corrected chi connectivity index (χ3v) is 15.0. The van der Waals surface area contributed by atoms with E-state index in [-0.39, 0.29) is 18.1 Å². The zero-order valence-electron chi connectivity index (χ0n) is 35.3. The molecule has 1 aliphatic heterocycles. The van der Waals surface area contributed by atoms with E-state index in [4.69, 9.17) is 4.74 Å². The van der Waals surface area contributed by atoms with Crippen LogP contribution in [0.15, 0.2) is 66.3 Å². The van der Waals surface area contributed by atoms with Gasteiger partial charge in [0.1, 0.15) is 23.8 Å². The maximum Gasteiger partial charge on any atom is 0.418 e. The highest BCUT2D eigenvalue weighted by atomic mass is 19.4. The van der Waals surface area contributed by atoms with Crippen molar-refractivity contribution < 1.29 is 56.7 Å². The Morgan fingerprint density at radius 1 is 1.08 bits per heavy atom. The van der Waals surface area contributed by atoms with Crippen LogP contribution in [0.2, 0.25) is 0 Å². The number of aliphatic hydroxyl groups is 4. The number of aryl methyl sites for hydroxylation is 1.